The normalized spacial score (nSPS) is 8.90. The fourth-order valence-electron chi connectivity index (χ4n) is 0.698. The van der Waals surface area contributed by atoms with Crippen molar-refractivity contribution in [3.63, 3.8) is 0 Å². The molecule has 0 aliphatic carbocycles. The summed E-state index contributed by atoms with van der Waals surface area (Å²) in [5, 5.41) is 0.405. The van der Waals surface area contributed by atoms with Crippen LogP contribution in [0.15, 0.2) is 12.3 Å². The molecule has 0 radical (unpaired) electrons. The topological polar surface area (TPSA) is 12.9 Å². The van der Waals surface area contributed by atoms with Crippen LogP contribution in [0.1, 0.15) is 11.1 Å². The summed E-state index contributed by atoms with van der Waals surface area (Å²) in [4.78, 5) is 3.83. The zero-order chi connectivity index (χ0) is 7.56. The van der Waals surface area contributed by atoms with Gasteiger partial charge in [0.2, 0.25) is 0 Å². The number of hydrogen-bond donors (Lipinski definition) is 0. The third-order valence-electron chi connectivity index (χ3n) is 1.26. The maximum absolute atomic E-state index is 5.68. The van der Waals surface area contributed by atoms with Crippen molar-refractivity contribution in [1.29, 1.82) is 0 Å². The van der Waals surface area contributed by atoms with Crippen LogP contribution in [0.3, 0.4) is 0 Å². The second kappa shape index (κ2) is 2.72. The van der Waals surface area contributed by atoms with E-state index in [1.807, 2.05) is 13.0 Å². The molecule has 0 unspecified atom stereocenters. The van der Waals surface area contributed by atoms with Crippen LogP contribution >= 0.6 is 11.6 Å². The SMILES string of the molecule is C#Cc1c(C)ccnc1Cl. The van der Waals surface area contributed by atoms with Gasteiger partial charge < -0.3 is 0 Å². The van der Waals surface area contributed by atoms with Crippen LogP contribution in [-0.4, -0.2) is 4.98 Å². The van der Waals surface area contributed by atoms with E-state index in [0.717, 1.165) is 5.56 Å². The summed E-state index contributed by atoms with van der Waals surface area (Å²) < 4.78 is 0. The first-order chi connectivity index (χ1) is 4.75. The molecule has 2 heteroatoms. The van der Waals surface area contributed by atoms with E-state index in [9.17, 15) is 0 Å². The second-order valence-corrected chi connectivity index (χ2v) is 2.30. The van der Waals surface area contributed by atoms with Gasteiger partial charge in [0.15, 0.2) is 0 Å². The van der Waals surface area contributed by atoms with Gasteiger partial charge in [-0.15, -0.1) is 6.42 Å². The van der Waals surface area contributed by atoms with E-state index in [4.69, 9.17) is 18.0 Å². The molecule has 0 aliphatic rings. The van der Waals surface area contributed by atoms with Crippen LogP contribution in [0.25, 0.3) is 0 Å². The highest BCUT2D eigenvalue weighted by Crippen LogP contribution is 2.14. The number of pyridine rings is 1. The molecule has 0 bridgehead atoms. The van der Waals surface area contributed by atoms with Gasteiger partial charge >= 0.3 is 0 Å². The zero-order valence-electron chi connectivity index (χ0n) is 5.56. The highest BCUT2D eigenvalue weighted by atomic mass is 35.5. The Morgan fingerprint density at radius 3 is 2.80 bits per heavy atom. The largest absolute Gasteiger partial charge is 0.243 e. The Bertz CT molecular complexity index is 266. The summed E-state index contributed by atoms with van der Waals surface area (Å²) in [5.41, 5.74) is 1.67. The first-order valence-corrected chi connectivity index (χ1v) is 3.21. The van der Waals surface area contributed by atoms with Gasteiger partial charge in [-0.25, -0.2) is 4.98 Å². The fourth-order valence-corrected chi connectivity index (χ4v) is 0.958. The molecule has 0 aliphatic heterocycles. The Hall–Kier alpha value is -1.00. The van der Waals surface area contributed by atoms with Crippen molar-refractivity contribution in [1.82, 2.24) is 4.98 Å². The molecule has 0 amide bonds. The van der Waals surface area contributed by atoms with Gasteiger partial charge in [0.05, 0.1) is 5.56 Å². The van der Waals surface area contributed by atoms with Crippen LogP contribution in [0.5, 0.6) is 0 Å². The summed E-state index contributed by atoms with van der Waals surface area (Å²) in [6.07, 6.45) is 6.81. The summed E-state index contributed by atoms with van der Waals surface area (Å²) in [7, 11) is 0. The lowest BCUT2D eigenvalue weighted by molar-refractivity contribution is 1.27. The molecular weight excluding hydrogens is 146 g/mol. The van der Waals surface area contributed by atoms with E-state index in [1.54, 1.807) is 6.20 Å². The van der Waals surface area contributed by atoms with Crippen molar-refractivity contribution in [2.75, 3.05) is 0 Å². The Labute approximate surface area is 65.0 Å². The molecule has 0 atom stereocenters. The highest BCUT2D eigenvalue weighted by molar-refractivity contribution is 6.30. The van der Waals surface area contributed by atoms with Crippen LogP contribution in [0.2, 0.25) is 5.15 Å². The molecule has 0 fully saturated rings. The first kappa shape index (κ1) is 7.11. The van der Waals surface area contributed by atoms with E-state index in [2.05, 4.69) is 10.9 Å². The molecule has 10 heavy (non-hydrogen) atoms. The number of aromatic nitrogens is 1. The predicted molar refractivity (Wildman–Crippen MR) is 41.9 cm³/mol. The monoisotopic (exact) mass is 151 g/mol. The van der Waals surface area contributed by atoms with Gasteiger partial charge in [0.1, 0.15) is 5.15 Å². The Morgan fingerprint density at radius 2 is 2.40 bits per heavy atom. The minimum atomic E-state index is 0.405. The smallest absolute Gasteiger partial charge is 0.144 e. The first-order valence-electron chi connectivity index (χ1n) is 2.83. The standard InChI is InChI=1S/C8H6ClN/c1-3-7-6(2)4-5-10-8(7)9/h1,4-5H,2H3. The Morgan fingerprint density at radius 1 is 1.70 bits per heavy atom. The number of rotatable bonds is 0. The third-order valence-corrected chi connectivity index (χ3v) is 1.54. The van der Waals surface area contributed by atoms with Crippen LogP contribution in [0, 0.1) is 19.3 Å². The van der Waals surface area contributed by atoms with E-state index in [-0.39, 0.29) is 0 Å². The fraction of sp³-hybridized carbons (Fsp3) is 0.125. The number of hydrogen-bond acceptors (Lipinski definition) is 1. The molecule has 0 saturated heterocycles. The van der Waals surface area contributed by atoms with Gasteiger partial charge in [-0.2, -0.15) is 0 Å². The zero-order valence-corrected chi connectivity index (χ0v) is 6.31. The van der Waals surface area contributed by atoms with Crippen molar-refractivity contribution >= 4 is 11.6 Å². The van der Waals surface area contributed by atoms with Gasteiger partial charge in [0.25, 0.3) is 0 Å². The number of halogens is 1. The van der Waals surface area contributed by atoms with Crippen molar-refractivity contribution in [2.45, 2.75) is 6.92 Å². The quantitative estimate of drug-likeness (QED) is 0.409. The average Bonchev–Trinajstić information content (AvgIpc) is 1.88. The van der Waals surface area contributed by atoms with Gasteiger partial charge in [-0.3, -0.25) is 0 Å². The molecule has 0 spiro atoms. The van der Waals surface area contributed by atoms with Crippen LogP contribution in [0.4, 0.5) is 0 Å². The Kier molecular flexibility index (Phi) is 1.94. The lowest BCUT2D eigenvalue weighted by atomic mass is 10.2. The molecule has 0 aromatic carbocycles. The summed E-state index contributed by atoms with van der Waals surface area (Å²) in [6.45, 7) is 1.91. The van der Waals surface area contributed by atoms with E-state index < -0.39 is 0 Å². The summed E-state index contributed by atoms with van der Waals surface area (Å²) >= 11 is 5.68. The van der Waals surface area contributed by atoms with Crippen LogP contribution < -0.4 is 0 Å². The molecule has 1 heterocycles. The van der Waals surface area contributed by atoms with E-state index >= 15 is 0 Å². The predicted octanol–water partition coefficient (Wildman–Crippen LogP) is 2.02. The molecule has 1 nitrogen and oxygen atoms in total. The van der Waals surface area contributed by atoms with Crippen LogP contribution in [-0.2, 0) is 0 Å². The summed E-state index contributed by atoms with van der Waals surface area (Å²) in [5.74, 6) is 2.47. The lowest BCUT2D eigenvalue weighted by Gasteiger charge is -1.97. The Balaban J connectivity index is 3.34. The van der Waals surface area contributed by atoms with Gasteiger partial charge in [0, 0.05) is 6.20 Å². The molecule has 0 N–H and O–H groups in total. The van der Waals surface area contributed by atoms with Crippen molar-refractivity contribution in [3.05, 3.63) is 28.5 Å². The van der Waals surface area contributed by atoms with Crippen molar-refractivity contribution in [2.24, 2.45) is 0 Å². The highest BCUT2D eigenvalue weighted by Gasteiger charge is 1.99. The number of aryl methyl sites for hydroxylation is 1. The van der Waals surface area contributed by atoms with E-state index in [0.29, 0.717) is 10.7 Å². The molecule has 1 aromatic heterocycles. The summed E-state index contributed by atoms with van der Waals surface area (Å²) in [6, 6.07) is 1.83. The number of nitrogens with zero attached hydrogens (tertiary/aromatic N) is 1. The van der Waals surface area contributed by atoms with Crippen molar-refractivity contribution < 1.29 is 0 Å². The van der Waals surface area contributed by atoms with Gasteiger partial charge in [-0.1, -0.05) is 17.5 Å². The minimum Gasteiger partial charge on any atom is -0.243 e. The maximum Gasteiger partial charge on any atom is 0.144 e. The minimum absolute atomic E-state index is 0.405. The molecular formula is C8H6ClN. The third kappa shape index (κ3) is 1.12. The van der Waals surface area contributed by atoms with Gasteiger partial charge in [-0.05, 0) is 18.6 Å². The average molecular weight is 152 g/mol. The lowest BCUT2D eigenvalue weighted by Crippen LogP contribution is -1.85. The van der Waals surface area contributed by atoms with E-state index in [1.165, 1.54) is 0 Å². The molecule has 0 saturated carbocycles. The maximum atomic E-state index is 5.68. The molecule has 50 valence electrons. The second-order valence-electron chi connectivity index (χ2n) is 1.94. The molecule has 1 aromatic rings. The van der Waals surface area contributed by atoms with Crippen molar-refractivity contribution in [3.8, 4) is 12.3 Å². The molecule has 1 rings (SSSR count). The number of terminal acetylenes is 1.